The molecule has 1 fully saturated rings. The van der Waals surface area contributed by atoms with E-state index in [4.69, 9.17) is 4.74 Å². The van der Waals surface area contributed by atoms with E-state index in [2.05, 4.69) is 5.32 Å². The summed E-state index contributed by atoms with van der Waals surface area (Å²) in [7, 11) is 0. The highest BCUT2D eigenvalue weighted by molar-refractivity contribution is 8.19. The average molecular weight is 414 g/mol. The fourth-order valence-electron chi connectivity index (χ4n) is 3.22. The minimum absolute atomic E-state index is 0.0797. The minimum atomic E-state index is -0.516. The van der Waals surface area contributed by atoms with Crippen molar-refractivity contribution in [2.24, 2.45) is 0 Å². The Labute approximate surface area is 171 Å². The van der Waals surface area contributed by atoms with Crippen LogP contribution in [-0.4, -0.2) is 35.8 Å². The molecule has 0 saturated carbocycles. The largest absolute Gasteiger partial charge is 0.454 e. The summed E-state index contributed by atoms with van der Waals surface area (Å²) in [5.74, 6) is 1.11. The molecule has 2 heterocycles. The van der Waals surface area contributed by atoms with Gasteiger partial charge >= 0.3 is 5.97 Å². The van der Waals surface area contributed by atoms with Crippen molar-refractivity contribution in [1.82, 2.24) is 0 Å². The molecule has 2 aliphatic rings. The van der Waals surface area contributed by atoms with Gasteiger partial charge in [0.25, 0.3) is 0 Å². The molecule has 2 aromatic rings. The highest BCUT2D eigenvalue weighted by atomic mass is 32.2. The van der Waals surface area contributed by atoms with Gasteiger partial charge in [-0.05, 0) is 48.4 Å². The second-order valence-corrected chi connectivity index (χ2v) is 9.43. The van der Waals surface area contributed by atoms with E-state index in [1.807, 2.05) is 35.7 Å². The normalized spacial score (nSPS) is 18.6. The van der Waals surface area contributed by atoms with Gasteiger partial charge in [0.05, 0.1) is 16.1 Å². The average Bonchev–Trinajstić information content (AvgIpc) is 3.35. The number of ketones is 1. The van der Waals surface area contributed by atoms with Crippen molar-refractivity contribution in [3.8, 4) is 0 Å². The molecular weight excluding hydrogens is 394 g/mol. The molecule has 0 radical (unpaired) electrons. The molecule has 1 N–H and O–H groups in total. The van der Waals surface area contributed by atoms with E-state index in [9.17, 15) is 14.4 Å². The van der Waals surface area contributed by atoms with E-state index in [1.54, 1.807) is 37.3 Å². The number of rotatable bonds is 5. The molecule has 0 spiro atoms. The summed E-state index contributed by atoms with van der Waals surface area (Å²) in [5.41, 5.74) is 3.57. The van der Waals surface area contributed by atoms with E-state index in [0.717, 1.165) is 22.8 Å². The number of carbonyl (C=O) groups excluding carboxylic acids is 3. The van der Waals surface area contributed by atoms with E-state index in [0.29, 0.717) is 15.7 Å². The number of benzene rings is 2. The fourth-order valence-corrected chi connectivity index (χ4v) is 6.07. The van der Waals surface area contributed by atoms with Crippen molar-refractivity contribution >= 4 is 46.9 Å². The monoisotopic (exact) mass is 413 g/mol. The van der Waals surface area contributed by atoms with Crippen LogP contribution in [0.15, 0.2) is 42.5 Å². The lowest BCUT2D eigenvalue weighted by Gasteiger charge is -2.09. The Balaban J connectivity index is 1.37. The summed E-state index contributed by atoms with van der Waals surface area (Å²) in [6.07, 6.45) is 0. The summed E-state index contributed by atoms with van der Waals surface area (Å²) >= 11 is 3.81. The number of esters is 1. The van der Waals surface area contributed by atoms with Gasteiger partial charge in [-0.2, -0.15) is 0 Å². The Morgan fingerprint density at radius 3 is 2.46 bits per heavy atom. The highest BCUT2D eigenvalue weighted by Gasteiger charge is 2.27. The van der Waals surface area contributed by atoms with Crippen molar-refractivity contribution < 1.29 is 19.1 Å². The van der Waals surface area contributed by atoms with Gasteiger partial charge in [0.15, 0.2) is 12.4 Å². The van der Waals surface area contributed by atoms with Crippen LogP contribution >= 0.6 is 23.5 Å². The van der Waals surface area contributed by atoms with Gasteiger partial charge in [0.1, 0.15) is 0 Å². The number of nitrogens with one attached hydrogen (secondary N) is 1. The molecule has 2 aliphatic heterocycles. The first kappa shape index (κ1) is 19.1. The number of Topliss-reactive ketones (excluding diaryl/α,β-unsaturated/α-hetero) is 1. The van der Waals surface area contributed by atoms with Gasteiger partial charge in [-0.15, -0.1) is 23.5 Å². The smallest absolute Gasteiger partial charge is 0.338 e. The lowest BCUT2D eigenvalue weighted by Crippen LogP contribution is -2.14. The predicted molar refractivity (Wildman–Crippen MR) is 112 cm³/mol. The summed E-state index contributed by atoms with van der Waals surface area (Å²) in [6.45, 7) is 1.46. The van der Waals surface area contributed by atoms with Crippen LogP contribution in [0.3, 0.4) is 0 Å². The standard InChI is InChI=1S/C21H19NO4S2/c1-12-16-10-15(6-7-17(16)22-19(12)24)18(23)11-26-20(25)13-2-4-14(5-3-13)21-27-8-9-28-21/h2-7,10,12,21H,8-9,11H2,1H3,(H,22,24)/t12-/m1/s1. The first-order valence-electron chi connectivity index (χ1n) is 9.01. The predicted octanol–water partition coefficient (Wildman–Crippen LogP) is 4.26. The van der Waals surface area contributed by atoms with Gasteiger partial charge in [-0.25, -0.2) is 4.79 Å². The van der Waals surface area contributed by atoms with Gasteiger partial charge < -0.3 is 10.1 Å². The number of fused-ring (bicyclic) bond motifs is 1. The second-order valence-electron chi connectivity index (χ2n) is 6.71. The minimum Gasteiger partial charge on any atom is -0.454 e. The SMILES string of the molecule is C[C@H]1C(=O)Nc2ccc(C(=O)COC(=O)c3ccc(C4SCCS4)cc3)cc21. The van der Waals surface area contributed by atoms with Crippen molar-refractivity contribution in [3.63, 3.8) is 0 Å². The van der Waals surface area contributed by atoms with Crippen molar-refractivity contribution in [2.45, 2.75) is 17.4 Å². The first-order chi connectivity index (χ1) is 13.5. The maximum Gasteiger partial charge on any atom is 0.338 e. The Morgan fingerprint density at radius 2 is 1.75 bits per heavy atom. The first-order valence-corrected chi connectivity index (χ1v) is 11.1. The highest BCUT2D eigenvalue weighted by Crippen LogP contribution is 2.45. The maximum atomic E-state index is 12.4. The number of thioether (sulfide) groups is 2. The number of anilines is 1. The molecule has 28 heavy (non-hydrogen) atoms. The molecule has 144 valence electrons. The van der Waals surface area contributed by atoms with Gasteiger partial charge in [0, 0.05) is 22.8 Å². The quantitative estimate of drug-likeness (QED) is 0.583. The van der Waals surface area contributed by atoms with Crippen LogP contribution in [0.1, 0.15) is 49.3 Å². The Bertz CT molecular complexity index is 936. The number of ether oxygens (including phenoxy) is 1. The van der Waals surface area contributed by atoms with E-state index in [1.165, 1.54) is 5.56 Å². The van der Waals surface area contributed by atoms with E-state index < -0.39 is 5.97 Å². The third kappa shape index (κ3) is 3.82. The molecule has 0 aromatic heterocycles. The molecule has 1 amide bonds. The second kappa shape index (κ2) is 8.01. The zero-order valence-electron chi connectivity index (χ0n) is 15.3. The number of amides is 1. The number of hydrogen-bond donors (Lipinski definition) is 1. The number of carbonyl (C=O) groups is 3. The van der Waals surface area contributed by atoms with Crippen LogP contribution in [-0.2, 0) is 9.53 Å². The zero-order valence-corrected chi connectivity index (χ0v) is 16.9. The van der Waals surface area contributed by atoms with Crippen molar-refractivity contribution in [3.05, 3.63) is 64.7 Å². The lowest BCUT2D eigenvalue weighted by atomic mass is 9.99. The van der Waals surface area contributed by atoms with Crippen molar-refractivity contribution in [1.29, 1.82) is 0 Å². The topological polar surface area (TPSA) is 72.5 Å². The fraction of sp³-hybridized carbons (Fsp3) is 0.286. The summed E-state index contributed by atoms with van der Waals surface area (Å²) < 4.78 is 5.62. The molecule has 4 rings (SSSR count). The summed E-state index contributed by atoms with van der Waals surface area (Å²) in [6, 6.07) is 12.4. The lowest BCUT2D eigenvalue weighted by molar-refractivity contribution is -0.116. The van der Waals surface area contributed by atoms with Crippen LogP contribution in [0.4, 0.5) is 5.69 Å². The van der Waals surface area contributed by atoms with E-state index in [-0.39, 0.29) is 24.2 Å². The van der Waals surface area contributed by atoms with Crippen molar-refractivity contribution in [2.75, 3.05) is 23.4 Å². The third-order valence-electron chi connectivity index (χ3n) is 4.87. The van der Waals surface area contributed by atoms with Crippen LogP contribution in [0, 0.1) is 0 Å². The zero-order chi connectivity index (χ0) is 19.7. The Morgan fingerprint density at radius 1 is 1.07 bits per heavy atom. The van der Waals surface area contributed by atoms with Crippen LogP contribution in [0.2, 0.25) is 0 Å². The van der Waals surface area contributed by atoms with Crippen LogP contribution < -0.4 is 5.32 Å². The molecule has 1 saturated heterocycles. The van der Waals surface area contributed by atoms with Crippen LogP contribution in [0.5, 0.6) is 0 Å². The number of hydrogen-bond acceptors (Lipinski definition) is 6. The Hall–Kier alpha value is -2.25. The molecule has 0 bridgehead atoms. The molecule has 0 aliphatic carbocycles. The van der Waals surface area contributed by atoms with E-state index >= 15 is 0 Å². The summed E-state index contributed by atoms with van der Waals surface area (Å²) in [4.78, 5) is 36.4. The molecule has 2 aromatic carbocycles. The van der Waals surface area contributed by atoms with Crippen LogP contribution in [0.25, 0.3) is 0 Å². The molecule has 1 atom stereocenters. The molecular formula is C21H19NO4S2. The summed E-state index contributed by atoms with van der Waals surface area (Å²) in [5, 5.41) is 2.77. The van der Waals surface area contributed by atoms with Gasteiger partial charge in [-0.3, -0.25) is 9.59 Å². The molecule has 0 unspecified atom stereocenters. The molecule has 5 nitrogen and oxygen atoms in total. The van der Waals surface area contributed by atoms with Gasteiger partial charge in [0.2, 0.25) is 5.91 Å². The van der Waals surface area contributed by atoms with Gasteiger partial charge in [-0.1, -0.05) is 12.1 Å². The molecule has 7 heteroatoms. The Kier molecular flexibility index (Phi) is 5.46. The maximum absolute atomic E-state index is 12.4. The third-order valence-corrected chi connectivity index (χ3v) is 7.97.